The molecular formula is C18H38O2Si. The van der Waals surface area contributed by atoms with E-state index in [9.17, 15) is 0 Å². The molecule has 0 aliphatic heterocycles. The first-order chi connectivity index (χ1) is 9.84. The van der Waals surface area contributed by atoms with Crippen molar-refractivity contribution in [3.8, 4) is 0 Å². The summed E-state index contributed by atoms with van der Waals surface area (Å²) in [6.45, 7) is 15.2. The van der Waals surface area contributed by atoms with E-state index in [0.29, 0.717) is 22.7 Å². The first kappa shape index (κ1) is 19.2. The molecule has 0 bridgehead atoms. The zero-order chi connectivity index (χ0) is 16.0. The largest absolute Gasteiger partial charge is 0.413 e. The highest BCUT2D eigenvalue weighted by molar-refractivity contribution is 6.77. The quantitative estimate of drug-likeness (QED) is 0.529. The molecule has 0 aromatic rings. The molecule has 21 heavy (non-hydrogen) atoms. The molecule has 1 fully saturated rings. The molecule has 2 nitrogen and oxygen atoms in total. The van der Waals surface area contributed by atoms with Crippen LogP contribution in [0.5, 0.6) is 0 Å². The van der Waals surface area contributed by atoms with E-state index >= 15 is 0 Å². The van der Waals surface area contributed by atoms with Gasteiger partial charge in [-0.3, -0.25) is 0 Å². The molecule has 0 N–H and O–H groups in total. The second-order valence-corrected chi connectivity index (χ2v) is 13.3. The van der Waals surface area contributed by atoms with Crippen LogP contribution in [0.2, 0.25) is 16.6 Å². The van der Waals surface area contributed by atoms with Gasteiger partial charge in [-0.25, -0.2) is 0 Å². The highest BCUT2D eigenvalue weighted by Gasteiger charge is 2.46. The Morgan fingerprint density at radius 2 is 1.33 bits per heavy atom. The summed E-state index contributed by atoms with van der Waals surface area (Å²) >= 11 is 0. The van der Waals surface area contributed by atoms with Crippen LogP contribution in [0.3, 0.4) is 0 Å². The van der Waals surface area contributed by atoms with Crippen LogP contribution in [-0.2, 0) is 9.16 Å². The van der Waals surface area contributed by atoms with Gasteiger partial charge >= 0.3 is 0 Å². The molecule has 0 aromatic carbocycles. The van der Waals surface area contributed by atoms with Crippen LogP contribution in [0.4, 0.5) is 0 Å². The van der Waals surface area contributed by atoms with Crippen molar-refractivity contribution in [2.75, 3.05) is 13.7 Å². The molecule has 126 valence electrons. The molecule has 0 spiro atoms. The van der Waals surface area contributed by atoms with Crippen LogP contribution in [0.1, 0.15) is 73.6 Å². The maximum atomic E-state index is 6.92. The Labute approximate surface area is 134 Å². The smallest absolute Gasteiger partial charge is 0.200 e. The molecule has 1 aliphatic carbocycles. The van der Waals surface area contributed by atoms with E-state index in [0.717, 1.165) is 12.5 Å². The summed E-state index contributed by atoms with van der Waals surface area (Å²) in [6, 6.07) is 0. The van der Waals surface area contributed by atoms with Crippen molar-refractivity contribution in [1.82, 2.24) is 0 Å². The lowest BCUT2D eigenvalue weighted by molar-refractivity contribution is 0.0967. The molecule has 0 radical (unpaired) electrons. The van der Waals surface area contributed by atoms with Gasteiger partial charge in [0, 0.05) is 19.8 Å². The molecule has 0 unspecified atom stereocenters. The molecule has 0 amide bonds. The van der Waals surface area contributed by atoms with E-state index < -0.39 is 8.32 Å². The molecule has 0 saturated heterocycles. The number of rotatable bonds is 8. The number of ether oxygens (including phenoxy) is 1. The van der Waals surface area contributed by atoms with Gasteiger partial charge in [-0.05, 0) is 54.6 Å². The Bertz CT molecular complexity index is 259. The average Bonchev–Trinajstić information content (AvgIpc) is 2.42. The van der Waals surface area contributed by atoms with Gasteiger partial charge < -0.3 is 9.16 Å². The third-order valence-electron chi connectivity index (χ3n) is 5.60. The lowest BCUT2D eigenvalue weighted by Gasteiger charge is -2.46. The lowest BCUT2D eigenvalue weighted by Crippen LogP contribution is -2.50. The van der Waals surface area contributed by atoms with Crippen LogP contribution in [0, 0.1) is 5.92 Å². The summed E-state index contributed by atoms with van der Waals surface area (Å²) in [7, 11) is 0.121. The normalized spacial score (nSPS) is 24.3. The lowest BCUT2D eigenvalue weighted by atomic mass is 9.86. The zero-order valence-corrected chi connectivity index (χ0v) is 16.4. The Kier molecular flexibility index (Phi) is 7.94. The molecule has 0 aromatic heterocycles. The molecule has 0 atom stereocenters. The van der Waals surface area contributed by atoms with Crippen LogP contribution in [-0.4, -0.2) is 28.1 Å². The molecule has 1 rings (SSSR count). The minimum Gasteiger partial charge on any atom is -0.413 e. The van der Waals surface area contributed by atoms with E-state index in [2.05, 4.69) is 41.5 Å². The van der Waals surface area contributed by atoms with Crippen molar-refractivity contribution >= 4 is 8.32 Å². The monoisotopic (exact) mass is 314 g/mol. The number of hydrogen-bond acceptors (Lipinski definition) is 2. The molecule has 1 aliphatic rings. The minimum absolute atomic E-state index is 0.516. The third kappa shape index (κ3) is 4.80. The predicted octanol–water partition coefficient (Wildman–Crippen LogP) is 5.77. The van der Waals surface area contributed by atoms with Crippen LogP contribution >= 0.6 is 0 Å². The molecular weight excluding hydrogens is 276 g/mol. The summed E-state index contributed by atoms with van der Waals surface area (Å²) in [5.41, 5.74) is 2.09. The number of hydrogen-bond donors (Lipinski definition) is 0. The Morgan fingerprint density at radius 1 is 0.857 bits per heavy atom. The van der Waals surface area contributed by atoms with Gasteiger partial charge in [0.2, 0.25) is 8.32 Å². The van der Waals surface area contributed by atoms with Crippen molar-refractivity contribution in [2.45, 2.75) is 96.4 Å². The third-order valence-corrected chi connectivity index (χ3v) is 11.8. The minimum atomic E-state index is -1.69. The fraction of sp³-hybridized carbons (Fsp3) is 1.00. The van der Waals surface area contributed by atoms with Gasteiger partial charge in [0.05, 0.1) is 0 Å². The van der Waals surface area contributed by atoms with Crippen LogP contribution in [0.25, 0.3) is 0 Å². The van der Waals surface area contributed by atoms with E-state index in [1.165, 1.54) is 32.1 Å². The number of methoxy groups -OCH3 is 1. The summed E-state index contributed by atoms with van der Waals surface area (Å²) in [6.07, 6.45) is 6.91. The topological polar surface area (TPSA) is 18.5 Å². The van der Waals surface area contributed by atoms with Crippen molar-refractivity contribution in [2.24, 2.45) is 5.92 Å². The maximum absolute atomic E-state index is 6.92. The summed E-state index contributed by atoms with van der Waals surface area (Å²) in [5, 5.41) is 0. The summed E-state index contributed by atoms with van der Waals surface area (Å²) in [5.74, 6) is 0.859. The van der Waals surface area contributed by atoms with E-state index in [1.54, 1.807) is 0 Å². The molecule has 0 heterocycles. The maximum Gasteiger partial charge on any atom is 0.200 e. The van der Waals surface area contributed by atoms with E-state index in [-0.39, 0.29) is 0 Å². The van der Waals surface area contributed by atoms with Gasteiger partial charge in [-0.15, -0.1) is 0 Å². The highest BCUT2D eigenvalue weighted by atomic mass is 28.4. The van der Waals surface area contributed by atoms with Crippen molar-refractivity contribution in [3.63, 3.8) is 0 Å². The first-order valence-corrected chi connectivity index (χ1v) is 11.1. The van der Waals surface area contributed by atoms with Crippen molar-refractivity contribution in [1.29, 1.82) is 0 Å². The molecule has 3 heteroatoms. The fourth-order valence-electron chi connectivity index (χ4n) is 4.52. The average molecular weight is 315 g/mol. The van der Waals surface area contributed by atoms with Gasteiger partial charge in [0.1, 0.15) is 0 Å². The highest BCUT2D eigenvalue weighted by Crippen LogP contribution is 2.44. The van der Waals surface area contributed by atoms with Crippen molar-refractivity contribution in [3.05, 3.63) is 0 Å². The van der Waals surface area contributed by atoms with E-state index in [4.69, 9.17) is 9.16 Å². The summed E-state index contributed by atoms with van der Waals surface area (Å²) in [4.78, 5) is 0. The van der Waals surface area contributed by atoms with Gasteiger partial charge in [0.25, 0.3) is 0 Å². The van der Waals surface area contributed by atoms with Gasteiger partial charge in [-0.2, -0.15) is 0 Å². The van der Waals surface area contributed by atoms with Crippen molar-refractivity contribution < 1.29 is 9.16 Å². The standard InChI is InChI=1S/C18H38O2Si/c1-14(2)21(15(3)4,16(5)6)20-18-10-8-17(9-11-18)12-13-19-7/h14-18H,8-13H2,1-7H3. The second kappa shape index (κ2) is 8.69. The molecule has 1 saturated carbocycles. The van der Waals surface area contributed by atoms with Crippen LogP contribution in [0.15, 0.2) is 0 Å². The Hall–Kier alpha value is 0.137. The Balaban J connectivity index is 2.62. The van der Waals surface area contributed by atoms with E-state index in [1.807, 2.05) is 7.11 Å². The van der Waals surface area contributed by atoms with Crippen LogP contribution < -0.4 is 0 Å². The SMILES string of the molecule is COCCC1CCC(O[Si](C(C)C)(C(C)C)C(C)C)CC1. The predicted molar refractivity (Wildman–Crippen MR) is 94.4 cm³/mol. The van der Waals surface area contributed by atoms with Gasteiger partial charge in [-0.1, -0.05) is 41.5 Å². The second-order valence-electron chi connectivity index (χ2n) is 7.86. The zero-order valence-electron chi connectivity index (χ0n) is 15.4. The first-order valence-electron chi connectivity index (χ1n) is 9.01. The van der Waals surface area contributed by atoms with Gasteiger partial charge in [0.15, 0.2) is 0 Å². The fourth-order valence-corrected chi connectivity index (χ4v) is 10.1. The summed E-state index contributed by atoms with van der Waals surface area (Å²) < 4.78 is 12.1. The Morgan fingerprint density at radius 3 is 1.71 bits per heavy atom.